The number of aromatic nitrogens is 3. The first-order valence-electron chi connectivity index (χ1n) is 10.1. The number of ether oxygens (including phenoxy) is 1. The molecule has 2 heterocycles. The number of hydrogen-bond donors (Lipinski definition) is 1. The molecule has 1 N–H and O–H groups in total. The van der Waals surface area contributed by atoms with Crippen LogP contribution in [0.4, 0.5) is 0 Å². The lowest BCUT2D eigenvalue weighted by molar-refractivity contribution is 0.415. The number of H-pyrrole nitrogens is 1. The van der Waals surface area contributed by atoms with Crippen LogP contribution < -0.4 is 10.3 Å². The van der Waals surface area contributed by atoms with Crippen molar-refractivity contribution in [2.45, 2.75) is 6.92 Å². The third-order valence-corrected chi connectivity index (χ3v) is 5.43. The van der Waals surface area contributed by atoms with Crippen LogP contribution in [0, 0.1) is 6.92 Å². The number of para-hydroxylation sites is 1. The van der Waals surface area contributed by atoms with Crippen molar-refractivity contribution in [3.8, 4) is 11.4 Å². The number of benzene rings is 3. The van der Waals surface area contributed by atoms with Gasteiger partial charge in [-0.25, -0.2) is 4.98 Å². The van der Waals surface area contributed by atoms with Crippen LogP contribution in [0.25, 0.3) is 39.6 Å². The Bertz CT molecular complexity index is 1490. The summed E-state index contributed by atoms with van der Waals surface area (Å²) in [5.41, 5.74) is 4.52. The van der Waals surface area contributed by atoms with Gasteiger partial charge in [0.1, 0.15) is 11.6 Å². The lowest BCUT2D eigenvalue weighted by atomic mass is 10.1. The monoisotopic (exact) mass is 407 g/mol. The van der Waals surface area contributed by atoms with Gasteiger partial charge in [0.25, 0.3) is 5.56 Å². The van der Waals surface area contributed by atoms with Gasteiger partial charge in [-0.3, -0.25) is 9.36 Å². The van der Waals surface area contributed by atoms with Gasteiger partial charge >= 0.3 is 0 Å². The zero-order valence-electron chi connectivity index (χ0n) is 17.3. The lowest BCUT2D eigenvalue weighted by Crippen LogP contribution is -2.22. The largest absolute Gasteiger partial charge is 0.497 e. The minimum Gasteiger partial charge on any atom is -0.497 e. The third-order valence-electron chi connectivity index (χ3n) is 5.43. The minimum atomic E-state index is -0.0882. The molecule has 0 fully saturated rings. The average molecular weight is 407 g/mol. The van der Waals surface area contributed by atoms with Crippen LogP contribution in [0.5, 0.6) is 5.75 Å². The summed E-state index contributed by atoms with van der Waals surface area (Å²) in [5.74, 6) is 1.37. The van der Waals surface area contributed by atoms with Gasteiger partial charge in [0.15, 0.2) is 0 Å². The molecular weight excluding hydrogens is 386 g/mol. The fraction of sp³-hybridized carbons (Fsp3) is 0.0769. The first-order valence-corrected chi connectivity index (χ1v) is 10.1. The highest BCUT2D eigenvalue weighted by atomic mass is 16.5. The summed E-state index contributed by atoms with van der Waals surface area (Å²) in [4.78, 5) is 21.4. The SMILES string of the molecule is COc1ccc2[nH]cc(/C=C/c3nc4ccccc4c(=O)n3-c3ccc(C)cc3)c2c1. The van der Waals surface area contributed by atoms with Gasteiger partial charge in [0.05, 0.1) is 23.7 Å². The van der Waals surface area contributed by atoms with Gasteiger partial charge in [0.2, 0.25) is 0 Å². The summed E-state index contributed by atoms with van der Waals surface area (Å²) in [6, 6.07) is 21.2. The number of nitrogens with zero attached hydrogens (tertiary/aromatic N) is 2. The molecule has 31 heavy (non-hydrogen) atoms. The number of nitrogens with one attached hydrogen (secondary N) is 1. The molecule has 0 saturated carbocycles. The van der Waals surface area contributed by atoms with Crippen molar-refractivity contribution in [2.24, 2.45) is 0 Å². The van der Waals surface area contributed by atoms with Crippen molar-refractivity contribution in [1.82, 2.24) is 14.5 Å². The quantitative estimate of drug-likeness (QED) is 0.437. The maximum atomic E-state index is 13.4. The maximum Gasteiger partial charge on any atom is 0.266 e. The molecule has 2 aromatic heterocycles. The van der Waals surface area contributed by atoms with Gasteiger partial charge in [-0.05, 0) is 61.5 Å². The molecular formula is C26H21N3O2. The van der Waals surface area contributed by atoms with Gasteiger partial charge in [0, 0.05) is 22.7 Å². The van der Waals surface area contributed by atoms with Crippen molar-refractivity contribution in [3.05, 3.63) is 100 Å². The number of rotatable bonds is 4. The van der Waals surface area contributed by atoms with Crippen LogP contribution >= 0.6 is 0 Å². The summed E-state index contributed by atoms with van der Waals surface area (Å²) >= 11 is 0. The molecule has 0 aliphatic rings. The molecule has 0 saturated heterocycles. The molecule has 5 heteroatoms. The Hall–Kier alpha value is -4.12. The molecule has 152 valence electrons. The Morgan fingerprint density at radius 2 is 1.77 bits per heavy atom. The van der Waals surface area contributed by atoms with E-state index in [0.29, 0.717) is 16.7 Å². The van der Waals surface area contributed by atoms with E-state index in [1.165, 1.54) is 0 Å². The Morgan fingerprint density at radius 1 is 0.968 bits per heavy atom. The van der Waals surface area contributed by atoms with Crippen molar-refractivity contribution in [2.75, 3.05) is 7.11 Å². The highest BCUT2D eigenvalue weighted by Crippen LogP contribution is 2.25. The molecule has 0 atom stereocenters. The maximum absolute atomic E-state index is 13.4. The highest BCUT2D eigenvalue weighted by molar-refractivity contribution is 5.92. The Kier molecular flexibility index (Phi) is 4.64. The van der Waals surface area contributed by atoms with E-state index >= 15 is 0 Å². The fourth-order valence-electron chi connectivity index (χ4n) is 3.76. The molecule has 0 bridgehead atoms. The summed E-state index contributed by atoms with van der Waals surface area (Å²) in [7, 11) is 1.66. The summed E-state index contributed by atoms with van der Waals surface area (Å²) < 4.78 is 7.02. The Morgan fingerprint density at radius 3 is 2.58 bits per heavy atom. The predicted molar refractivity (Wildman–Crippen MR) is 126 cm³/mol. The van der Waals surface area contributed by atoms with Crippen molar-refractivity contribution in [3.63, 3.8) is 0 Å². The second-order valence-corrected chi connectivity index (χ2v) is 7.45. The van der Waals surface area contributed by atoms with E-state index in [4.69, 9.17) is 9.72 Å². The van der Waals surface area contributed by atoms with Crippen LogP contribution in [0.3, 0.4) is 0 Å². The number of aryl methyl sites for hydroxylation is 1. The van der Waals surface area contributed by atoms with Crippen molar-refractivity contribution in [1.29, 1.82) is 0 Å². The molecule has 0 aliphatic carbocycles. The van der Waals surface area contributed by atoms with Crippen LogP contribution in [0.15, 0.2) is 77.7 Å². The molecule has 0 radical (unpaired) electrons. The van der Waals surface area contributed by atoms with Crippen LogP contribution in [0.2, 0.25) is 0 Å². The molecule has 3 aromatic carbocycles. The number of fused-ring (bicyclic) bond motifs is 2. The number of hydrogen-bond acceptors (Lipinski definition) is 3. The van der Waals surface area contributed by atoms with Crippen molar-refractivity contribution < 1.29 is 4.74 Å². The normalized spacial score (nSPS) is 11.5. The highest BCUT2D eigenvalue weighted by Gasteiger charge is 2.11. The molecule has 0 aliphatic heterocycles. The Balaban J connectivity index is 1.70. The predicted octanol–water partition coefficient (Wildman–Crippen LogP) is 5.35. The van der Waals surface area contributed by atoms with E-state index in [1.54, 1.807) is 11.7 Å². The zero-order chi connectivity index (χ0) is 21.4. The van der Waals surface area contributed by atoms with E-state index in [1.807, 2.05) is 92.0 Å². The van der Waals surface area contributed by atoms with Gasteiger partial charge in [-0.2, -0.15) is 0 Å². The van der Waals surface area contributed by atoms with Gasteiger partial charge in [-0.15, -0.1) is 0 Å². The number of methoxy groups -OCH3 is 1. The van der Waals surface area contributed by atoms with E-state index < -0.39 is 0 Å². The molecule has 5 rings (SSSR count). The van der Waals surface area contributed by atoms with E-state index in [-0.39, 0.29) is 5.56 Å². The number of aromatic amines is 1. The second kappa shape index (κ2) is 7.61. The second-order valence-electron chi connectivity index (χ2n) is 7.45. The molecule has 5 nitrogen and oxygen atoms in total. The zero-order valence-corrected chi connectivity index (χ0v) is 17.3. The smallest absolute Gasteiger partial charge is 0.266 e. The summed E-state index contributed by atoms with van der Waals surface area (Å²) in [5, 5.41) is 1.64. The first-order chi connectivity index (χ1) is 15.1. The van der Waals surface area contributed by atoms with Gasteiger partial charge < -0.3 is 9.72 Å². The van der Waals surface area contributed by atoms with E-state index in [2.05, 4.69) is 4.98 Å². The molecule has 0 amide bonds. The standard InChI is InChI=1S/C26H21N3O2/c1-17-7-10-19(11-8-17)29-25(28-24-6-4-3-5-21(24)26(29)30)14-9-18-16-27-23-13-12-20(31-2)15-22(18)23/h3-16,27H,1-2H3/b14-9+. The van der Waals surface area contributed by atoms with Crippen molar-refractivity contribution >= 4 is 34.0 Å². The minimum absolute atomic E-state index is 0.0882. The van der Waals surface area contributed by atoms with E-state index in [0.717, 1.165) is 33.5 Å². The van der Waals surface area contributed by atoms with Crippen LogP contribution in [-0.4, -0.2) is 21.6 Å². The third kappa shape index (κ3) is 3.40. The summed E-state index contributed by atoms with van der Waals surface area (Å²) in [6.07, 6.45) is 5.80. The van der Waals surface area contributed by atoms with Gasteiger partial charge in [-0.1, -0.05) is 29.8 Å². The lowest BCUT2D eigenvalue weighted by Gasteiger charge is -2.11. The van der Waals surface area contributed by atoms with Crippen LogP contribution in [0.1, 0.15) is 17.0 Å². The molecule has 0 unspecified atom stereocenters. The first kappa shape index (κ1) is 18.9. The fourth-order valence-corrected chi connectivity index (χ4v) is 3.76. The Labute approximate surface area is 179 Å². The van der Waals surface area contributed by atoms with E-state index in [9.17, 15) is 4.79 Å². The average Bonchev–Trinajstić information content (AvgIpc) is 3.21. The molecule has 0 spiro atoms. The van der Waals surface area contributed by atoms with Crippen LogP contribution in [-0.2, 0) is 0 Å². The molecule has 5 aromatic rings. The summed E-state index contributed by atoms with van der Waals surface area (Å²) in [6.45, 7) is 2.03. The topological polar surface area (TPSA) is 59.9 Å².